The number of anilines is 1. The fourth-order valence-corrected chi connectivity index (χ4v) is 3.24. The number of nitrogen functional groups attached to an aromatic ring is 1. The summed E-state index contributed by atoms with van der Waals surface area (Å²) in [4.78, 5) is 17.6. The first-order valence-electron chi connectivity index (χ1n) is 9.56. The van der Waals surface area contributed by atoms with E-state index < -0.39 is 11.6 Å². The Bertz CT molecular complexity index is 852. The third-order valence-corrected chi connectivity index (χ3v) is 5.32. The van der Waals surface area contributed by atoms with E-state index in [-0.39, 0.29) is 5.41 Å². The predicted octanol–water partition coefficient (Wildman–Crippen LogP) is 4.58. The summed E-state index contributed by atoms with van der Waals surface area (Å²) in [7, 11) is 0. The molecule has 0 aliphatic heterocycles. The molecule has 2 aromatic rings. The first-order chi connectivity index (χ1) is 13.1. The van der Waals surface area contributed by atoms with E-state index >= 15 is 0 Å². The number of rotatable bonds is 6. The van der Waals surface area contributed by atoms with Crippen LogP contribution in [0.15, 0.2) is 36.5 Å². The molecule has 0 bridgehead atoms. The van der Waals surface area contributed by atoms with Crippen LogP contribution in [0.5, 0.6) is 5.75 Å². The third kappa shape index (κ3) is 4.55. The second-order valence-electron chi connectivity index (χ2n) is 8.75. The summed E-state index contributed by atoms with van der Waals surface area (Å²) in [6.07, 6.45) is 2.78. The van der Waals surface area contributed by atoms with Crippen molar-refractivity contribution in [1.29, 1.82) is 0 Å². The summed E-state index contributed by atoms with van der Waals surface area (Å²) in [6.45, 7) is 8.68. The quantitative estimate of drug-likeness (QED) is 0.713. The predicted molar refractivity (Wildman–Crippen MR) is 110 cm³/mol. The van der Waals surface area contributed by atoms with E-state index in [4.69, 9.17) is 10.5 Å². The second kappa shape index (κ2) is 7.34. The molecule has 0 unspecified atom stereocenters. The maximum atomic E-state index is 11.7. The summed E-state index contributed by atoms with van der Waals surface area (Å²) in [6, 6.07) is 9.67. The molecule has 150 valence electrons. The average Bonchev–Trinajstić information content (AvgIpc) is 3.39. The van der Waals surface area contributed by atoms with Crippen molar-refractivity contribution in [1.82, 2.24) is 9.88 Å². The lowest BCUT2D eigenvalue weighted by atomic mass is 10.0. The molecule has 1 aliphatic rings. The van der Waals surface area contributed by atoms with Gasteiger partial charge in [-0.05, 0) is 64.3 Å². The van der Waals surface area contributed by atoms with E-state index in [9.17, 15) is 9.90 Å². The summed E-state index contributed by atoms with van der Waals surface area (Å²) >= 11 is 0. The van der Waals surface area contributed by atoms with Crippen LogP contribution in [0.1, 0.15) is 39.3 Å². The highest BCUT2D eigenvalue weighted by molar-refractivity contribution is 5.68. The fourth-order valence-electron chi connectivity index (χ4n) is 3.24. The molecule has 0 radical (unpaired) electrons. The van der Waals surface area contributed by atoms with E-state index in [0.29, 0.717) is 18.9 Å². The minimum atomic E-state index is -0.888. The molecular weight excluding hydrogens is 354 g/mol. The standard InChI is InChI=1S/C22H29N3O3/c1-15-19(16-5-7-17(23)8-6-16)11-18(12-24-15)28-14-22(9-10-22)13-25(20(26)27)21(2,3)4/h5-8,11-12H,9-10,13-14,23H2,1-4H3,(H,26,27). The second-order valence-corrected chi connectivity index (χ2v) is 8.75. The highest BCUT2D eigenvalue weighted by Gasteiger charge is 2.47. The number of hydrogen-bond acceptors (Lipinski definition) is 4. The van der Waals surface area contributed by atoms with Crippen molar-refractivity contribution in [3.8, 4) is 16.9 Å². The van der Waals surface area contributed by atoms with Crippen molar-refractivity contribution in [2.45, 2.75) is 46.1 Å². The molecule has 3 rings (SSSR count). The van der Waals surface area contributed by atoms with Crippen molar-refractivity contribution < 1.29 is 14.6 Å². The van der Waals surface area contributed by atoms with E-state index in [1.54, 1.807) is 6.20 Å². The van der Waals surface area contributed by atoms with Gasteiger partial charge in [-0.15, -0.1) is 0 Å². The van der Waals surface area contributed by atoms with Crippen molar-refractivity contribution in [3.05, 3.63) is 42.2 Å². The van der Waals surface area contributed by atoms with E-state index in [1.165, 1.54) is 4.90 Å². The van der Waals surface area contributed by atoms with Crippen LogP contribution in [0.25, 0.3) is 11.1 Å². The molecule has 0 spiro atoms. The molecule has 1 aromatic heterocycles. The number of ether oxygens (including phenoxy) is 1. The zero-order chi connectivity index (χ0) is 20.5. The smallest absolute Gasteiger partial charge is 0.407 e. The third-order valence-electron chi connectivity index (χ3n) is 5.32. The fraction of sp³-hybridized carbons (Fsp3) is 0.455. The number of hydrogen-bond donors (Lipinski definition) is 2. The first kappa shape index (κ1) is 20.0. The maximum absolute atomic E-state index is 11.7. The maximum Gasteiger partial charge on any atom is 0.407 e. The van der Waals surface area contributed by atoms with Crippen LogP contribution in [-0.4, -0.2) is 39.8 Å². The van der Waals surface area contributed by atoms with Crippen molar-refractivity contribution in [2.24, 2.45) is 5.41 Å². The average molecular weight is 383 g/mol. The van der Waals surface area contributed by atoms with Crippen LogP contribution in [0.3, 0.4) is 0 Å². The normalized spacial score (nSPS) is 15.1. The Hall–Kier alpha value is -2.76. The Morgan fingerprint density at radius 3 is 2.46 bits per heavy atom. The van der Waals surface area contributed by atoms with Crippen molar-refractivity contribution in [2.75, 3.05) is 18.9 Å². The number of pyridine rings is 1. The van der Waals surface area contributed by atoms with Crippen LogP contribution in [0, 0.1) is 12.3 Å². The Morgan fingerprint density at radius 1 is 1.29 bits per heavy atom. The van der Waals surface area contributed by atoms with Crippen LogP contribution < -0.4 is 10.5 Å². The van der Waals surface area contributed by atoms with Gasteiger partial charge in [0.2, 0.25) is 0 Å². The van der Waals surface area contributed by atoms with Gasteiger partial charge >= 0.3 is 6.09 Å². The zero-order valence-corrected chi connectivity index (χ0v) is 17.0. The van der Waals surface area contributed by atoms with Crippen LogP contribution in [0.2, 0.25) is 0 Å². The number of nitrogens with two attached hydrogens (primary N) is 1. The van der Waals surface area contributed by atoms with Gasteiger partial charge < -0.3 is 20.5 Å². The number of amides is 1. The van der Waals surface area contributed by atoms with Gasteiger partial charge in [-0.2, -0.15) is 0 Å². The Balaban J connectivity index is 1.72. The lowest BCUT2D eigenvalue weighted by Gasteiger charge is -2.36. The molecule has 28 heavy (non-hydrogen) atoms. The van der Waals surface area contributed by atoms with E-state index in [2.05, 4.69) is 4.98 Å². The SMILES string of the molecule is Cc1ncc(OCC2(CN(C(=O)O)C(C)(C)C)CC2)cc1-c1ccc(N)cc1. The molecule has 3 N–H and O–H groups in total. The summed E-state index contributed by atoms with van der Waals surface area (Å²) < 4.78 is 6.06. The number of benzene rings is 1. The minimum absolute atomic E-state index is 0.113. The first-order valence-corrected chi connectivity index (χ1v) is 9.56. The van der Waals surface area contributed by atoms with Gasteiger partial charge in [0.15, 0.2) is 0 Å². The van der Waals surface area contributed by atoms with Crippen molar-refractivity contribution >= 4 is 11.8 Å². The molecule has 0 atom stereocenters. The van der Waals surface area contributed by atoms with Crippen molar-refractivity contribution in [3.63, 3.8) is 0 Å². The molecule has 1 amide bonds. The van der Waals surface area contributed by atoms with Crippen LogP contribution in [-0.2, 0) is 0 Å². The van der Waals surface area contributed by atoms with Gasteiger partial charge in [-0.1, -0.05) is 12.1 Å². The van der Waals surface area contributed by atoms with Gasteiger partial charge in [-0.25, -0.2) is 4.79 Å². The number of nitrogens with zero attached hydrogens (tertiary/aromatic N) is 2. The zero-order valence-electron chi connectivity index (χ0n) is 17.0. The molecule has 1 aromatic carbocycles. The minimum Gasteiger partial charge on any atom is -0.491 e. The van der Waals surface area contributed by atoms with Gasteiger partial charge in [0.05, 0.1) is 12.8 Å². The number of carboxylic acid groups (broad SMARTS) is 1. The molecule has 1 aliphatic carbocycles. The number of aromatic nitrogens is 1. The lowest BCUT2D eigenvalue weighted by molar-refractivity contribution is 0.0746. The number of carbonyl (C=O) groups is 1. The molecule has 1 saturated carbocycles. The highest BCUT2D eigenvalue weighted by atomic mass is 16.5. The summed E-state index contributed by atoms with van der Waals surface area (Å²) in [5, 5.41) is 9.56. The molecule has 1 heterocycles. The van der Waals surface area contributed by atoms with Crippen LogP contribution >= 0.6 is 0 Å². The monoisotopic (exact) mass is 383 g/mol. The summed E-state index contributed by atoms with van der Waals surface area (Å²) in [5.74, 6) is 0.696. The van der Waals surface area contributed by atoms with E-state index in [1.807, 2.05) is 58.0 Å². The van der Waals surface area contributed by atoms with Crippen LogP contribution in [0.4, 0.5) is 10.5 Å². The molecule has 6 heteroatoms. The molecule has 0 saturated heterocycles. The molecule has 1 fully saturated rings. The Kier molecular flexibility index (Phi) is 5.24. The van der Waals surface area contributed by atoms with Gasteiger partial charge in [0.1, 0.15) is 5.75 Å². The molecule has 6 nitrogen and oxygen atoms in total. The largest absolute Gasteiger partial charge is 0.491 e. The Morgan fingerprint density at radius 2 is 1.93 bits per heavy atom. The molecular formula is C22H29N3O3. The van der Waals surface area contributed by atoms with Gasteiger partial charge in [0, 0.05) is 34.4 Å². The summed E-state index contributed by atoms with van der Waals surface area (Å²) in [5.41, 5.74) is 8.91. The van der Waals surface area contributed by atoms with Gasteiger partial charge in [0.25, 0.3) is 0 Å². The van der Waals surface area contributed by atoms with E-state index in [0.717, 1.165) is 35.3 Å². The topological polar surface area (TPSA) is 88.7 Å². The highest BCUT2D eigenvalue weighted by Crippen LogP contribution is 2.47. The van der Waals surface area contributed by atoms with Gasteiger partial charge in [-0.3, -0.25) is 4.98 Å². The Labute approximate surface area is 166 Å². The number of aryl methyl sites for hydroxylation is 1. The lowest BCUT2D eigenvalue weighted by Crippen LogP contribution is -2.48.